The Hall–Kier alpha value is -2.67. The summed E-state index contributed by atoms with van der Waals surface area (Å²) in [5.74, 6) is 0.683. The predicted octanol–water partition coefficient (Wildman–Crippen LogP) is 4.56. The largest absolute Gasteiger partial charge is 0.322 e. The number of benzene rings is 3. The number of hydrogen-bond donors (Lipinski definition) is 0. The van der Waals surface area contributed by atoms with E-state index in [1.54, 1.807) is 37.4 Å². The first-order valence-electron chi connectivity index (χ1n) is 9.15. The summed E-state index contributed by atoms with van der Waals surface area (Å²) in [6.07, 6.45) is 0. The van der Waals surface area contributed by atoms with Crippen LogP contribution in [0.3, 0.4) is 0 Å². The number of hydrogen-bond acceptors (Lipinski definition) is 3. The first-order valence-corrected chi connectivity index (χ1v) is 11.0. The SMILES string of the molecule is CN(Cc1nc2ccccc2n1Cc1ccc(Cl)cc1)S(=O)(=O)c1ccccc1. The van der Waals surface area contributed by atoms with Gasteiger partial charge in [-0.25, -0.2) is 13.4 Å². The molecule has 1 heterocycles. The van der Waals surface area contributed by atoms with Gasteiger partial charge in [0.1, 0.15) is 5.82 Å². The van der Waals surface area contributed by atoms with Gasteiger partial charge in [0.25, 0.3) is 0 Å². The Bertz CT molecular complexity index is 1240. The zero-order valence-corrected chi connectivity index (χ0v) is 17.4. The second-order valence-corrected chi connectivity index (χ2v) is 9.28. The summed E-state index contributed by atoms with van der Waals surface area (Å²) in [6, 6.07) is 23.9. The van der Waals surface area contributed by atoms with Crippen molar-refractivity contribution < 1.29 is 8.42 Å². The summed E-state index contributed by atoms with van der Waals surface area (Å²) in [5, 5.41) is 0.679. The Kier molecular flexibility index (Phi) is 5.41. The Morgan fingerprint density at radius 3 is 2.31 bits per heavy atom. The molecule has 5 nitrogen and oxygen atoms in total. The monoisotopic (exact) mass is 425 g/mol. The Balaban J connectivity index is 1.71. The molecule has 0 radical (unpaired) electrons. The lowest BCUT2D eigenvalue weighted by atomic mass is 10.2. The lowest BCUT2D eigenvalue weighted by molar-refractivity contribution is 0.450. The Labute approximate surface area is 175 Å². The van der Waals surface area contributed by atoms with E-state index in [2.05, 4.69) is 4.57 Å². The van der Waals surface area contributed by atoms with Crippen LogP contribution in [0.15, 0.2) is 83.8 Å². The maximum absolute atomic E-state index is 12.9. The lowest BCUT2D eigenvalue weighted by Gasteiger charge is -2.18. The van der Waals surface area contributed by atoms with Crippen molar-refractivity contribution in [2.75, 3.05) is 7.05 Å². The summed E-state index contributed by atoms with van der Waals surface area (Å²) in [6.45, 7) is 0.742. The van der Waals surface area contributed by atoms with Crippen LogP contribution in [0.1, 0.15) is 11.4 Å². The minimum atomic E-state index is -3.61. The van der Waals surface area contributed by atoms with Crippen LogP contribution in [-0.2, 0) is 23.1 Å². The second kappa shape index (κ2) is 7.99. The Morgan fingerprint density at radius 2 is 1.59 bits per heavy atom. The number of sulfonamides is 1. The van der Waals surface area contributed by atoms with Gasteiger partial charge in [-0.3, -0.25) is 0 Å². The third-order valence-corrected chi connectivity index (χ3v) is 6.87. The third-order valence-electron chi connectivity index (χ3n) is 4.80. The summed E-state index contributed by atoms with van der Waals surface area (Å²) in [7, 11) is -2.03. The molecule has 0 aliphatic carbocycles. The van der Waals surface area contributed by atoms with Crippen molar-refractivity contribution in [2.24, 2.45) is 0 Å². The van der Waals surface area contributed by atoms with Crippen molar-refractivity contribution in [2.45, 2.75) is 18.0 Å². The summed E-state index contributed by atoms with van der Waals surface area (Å²) in [5.41, 5.74) is 2.86. The zero-order chi connectivity index (χ0) is 20.4. The smallest absolute Gasteiger partial charge is 0.243 e. The molecular weight excluding hydrogens is 406 g/mol. The second-order valence-electron chi connectivity index (χ2n) is 6.80. The molecule has 7 heteroatoms. The molecule has 0 spiro atoms. The van der Waals surface area contributed by atoms with E-state index in [0.717, 1.165) is 16.6 Å². The molecule has 0 amide bonds. The van der Waals surface area contributed by atoms with Crippen LogP contribution in [0.5, 0.6) is 0 Å². The lowest BCUT2D eigenvalue weighted by Crippen LogP contribution is -2.28. The fourth-order valence-corrected chi connectivity index (χ4v) is 4.52. The average molecular weight is 426 g/mol. The number of halogens is 1. The van der Waals surface area contributed by atoms with Gasteiger partial charge >= 0.3 is 0 Å². The van der Waals surface area contributed by atoms with E-state index in [1.807, 2.05) is 48.5 Å². The van der Waals surface area contributed by atoms with Gasteiger partial charge in [-0.2, -0.15) is 4.31 Å². The number of imidazole rings is 1. The molecule has 3 aromatic carbocycles. The summed E-state index contributed by atoms with van der Waals surface area (Å²) < 4.78 is 29.3. The zero-order valence-electron chi connectivity index (χ0n) is 15.9. The third kappa shape index (κ3) is 4.05. The van der Waals surface area contributed by atoms with Gasteiger partial charge in [-0.05, 0) is 42.0 Å². The summed E-state index contributed by atoms with van der Waals surface area (Å²) in [4.78, 5) is 4.97. The van der Waals surface area contributed by atoms with E-state index < -0.39 is 10.0 Å². The first-order chi connectivity index (χ1) is 13.9. The van der Waals surface area contributed by atoms with Crippen LogP contribution in [0.4, 0.5) is 0 Å². The highest BCUT2D eigenvalue weighted by molar-refractivity contribution is 7.89. The first kappa shape index (κ1) is 19.6. The molecule has 0 N–H and O–H groups in total. The molecule has 148 valence electrons. The van der Waals surface area contributed by atoms with Crippen LogP contribution in [0, 0.1) is 0 Å². The predicted molar refractivity (Wildman–Crippen MR) is 115 cm³/mol. The van der Waals surface area contributed by atoms with Gasteiger partial charge in [0.2, 0.25) is 10.0 Å². The van der Waals surface area contributed by atoms with Crippen molar-refractivity contribution in [1.29, 1.82) is 0 Å². The van der Waals surface area contributed by atoms with Crippen molar-refractivity contribution in [1.82, 2.24) is 13.9 Å². The molecule has 0 saturated carbocycles. The molecule has 0 aliphatic rings. The minimum absolute atomic E-state index is 0.166. The molecule has 1 aromatic heterocycles. The van der Waals surface area contributed by atoms with Crippen LogP contribution in [0.2, 0.25) is 5.02 Å². The van der Waals surface area contributed by atoms with Crippen molar-refractivity contribution in [3.05, 3.63) is 95.3 Å². The van der Waals surface area contributed by atoms with E-state index >= 15 is 0 Å². The number of aromatic nitrogens is 2. The van der Waals surface area contributed by atoms with Crippen LogP contribution < -0.4 is 0 Å². The van der Waals surface area contributed by atoms with Crippen molar-refractivity contribution in [3.63, 3.8) is 0 Å². The number of fused-ring (bicyclic) bond motifs is 1. The molecule has 0 fully saturated rings. The van der Waals surface area contributed by atoms with E-state index in [0.29, 0.717) is 17.4 Å². The molecule has 4 rings (SSSR count). The molecule has 0 bridgehead atoms. The topological polar surface area (TPSA) is 55.2 Å². The minimum Gasteiger partial charge on any atom is -0.322 e. The maximum atomic E-state index is 12.9. The molecule has 0 saturated heterocycles. The van der Waals surface area contributed by atoms with Gasteiger partial charge in [-0.15, -0.1) is 0 Å². The number of para-hydroxylation sites is 2. The quantitative estimate of drug-likeness (QED) is 0.455. The van der Waals surface area contributed by atoms with Crippen LogP contribution >= 0.6 is 11.6 Å². The molecule has 29 heavy (non-hydrogen) atoms. The highest BCUT2D eigenvalue weighted by Crippen LogP contribution is 2.22. The molecule has 0 aliphatic heterocycles. The van der Waals surface area contributed by atoms with E-state index in [-0.39, 0.29) is 11.4 Å². The van der Waals surface area contributed by atoms with Crippen molar-refractivity contribution in [3.8, 4) is 0 Å². The van der Waals surface area contributed by atoms with E-state index in [1.165, 1.54) is 4.31 Å². The number of rotatable bonds is 6. The normalized spacial score (nSPS) is 12.0. The van der Waals surface area contributed by atoms with Gasteiger partial charge in [0.15, 0.2) is 0 Å². The van der Waals surface area contributed by atoms with E-state index in [4.69, 9.17) is 16.6 Å². The van der Waals surface area contributed by atoms with Gasteiger partial charge in [0, 0.05) is 18.6 Å². The number of nitrogens with zero attached hydrogens (tertiary/aromatic N) is 3. The molecule has 4 aromatic rings. The van der Waals surface area contributed by atoms with Gasteiger partial charge < -0.3 is 4.57 Å². The molecule has 0 unspecified atom stereocenters. The van der Waals surface area contributed by atoms with Gasteiger partial charge in [0.05, 0.1) is 22.5 Å². The highest BCUT2D eigenvalue weighted by Gasteiger charge is 2.23. The van der Waals surface area contributed by atoms with Crippen LogP contribution in [0.25, 0.3) is 11.0 Å². The average Bonchev–Trinajstić information content (AvgIpc) is 3.07. The maximum Gasteiger partial charge on any atom is 0.243 e. The van der Waals surface area contributed by atoms with Gasteiger partial charge in [-0.1, -0.05) is 54.1 Å². The Morgan fingerprint density at radius 1 is 0.931 bits per heavy atom. The highest BCUT2D eigenvalue weighted by atomic mass is 35.5. The van der Waals surface area contributed by atoms with Crippen LogP contribution in [-0.4, -0.2) is 29.3 Å². The molecular formula is C22H20ClN3O2S. The fraction of sp³-hybridized carbons (Fsp3) is 0.136. The van der Waals surface area contributed by atoms with Crippen molar-refractivity contribution >= 4 is 32.7 Å². The fourth-order valence-electron chi connectivity index (χ4n) is 3.25. The van der Waals surface area contributed by atoms with E-state index in [9.17, 15) is 8.42 Å². The summed E-state index contributed by atoms with van der Waals surface area (Å²) >= 11 is 6.00. The molecule has 0 atom stereocenters. The standard InChI is InChI=1S/C22H20ClN3O2S/c1-25(29(27,28)19-7-3-2-4-8-19)16-22-24-20-9-5-6-10-21(20)26(22)15-17-11-13-18(23)14-12-17/h2-14H,15-16H2,1H3.